The third-order valence-electron chi connectivity index (χ3n) is 4.54. The first-order chi connectivity index (χ1) is 11.4. The lowest BCUT2D eigenvalue weighted by atomic mass is 10.00. The van der Waals surface area contributed by atoms with Crippen LogP contribution in [-0.2, 0) is 10.3 Å². The zero-order valence-corrected chi connectivity index (χ0v) is 17.1. The van der Waals surface area contributed by atoms with Gasteiger partial charge in [0, 0.05) is 25.2 Å². The molecule has 1 aromatic rings. The Hall–Kier alpha value is -1.11. The van der Waals surface area contributed by atoms with Gasteiger partial charge in [0.2, 0.25) is 0 Å². The Balaban J connectivity index is 2.13. The molecule has 1 saturated heterocycles. The lowest BCUT2D eigenvalue weighted by molar-refractivity contribution is -0.0933. The van der Waals surface area contributed by atoms with E-state index in [0.717, 1.165) is 13.1 Å². The van der Waals surface area contributed by atoms with Crippen LogP contribution in [0.2, 0.25) is 5.02 Å². The summed E-state index contributed by atoms with van der Waals surface area (Å²) in [5, 5.41) is 7.77. The van der Waals surface area contributed by atoms with Crippen LogP contribution in [0, 0.1) is 0 Å². The monoisotopic (exact) mass is 370 g/mol. The van der Waals surface area contributed by atoms with E-state index in [4.69, 9.17) is 16.3 Å². The van der Waals surface area contributed by atoms with Crippen molar-refractivity contribution in [3.05, 3.63) is 21.6 Å². The van der Waals surface area contributed by atoms with Gasteiger partial charge >= 0.3 is 0 Å². The van der Waals surface area contributed by atoms with E-state index in [-0.39, 0.29) is 28.3 Å². The van der Waals surface area contributed by atoms with Crippen molar-refractivity contribution in [2.45, 2.75) is 71.8 Å². The Bertz CT molecular complexity index is 656. The first-order valence-corrected chi connectivity index (χ1v) is 9.22. The fourth-order valence-corrected chi connectivity index (χ4v) is 3.32. The number of morpholine rings is 1. The molecular formula is C18H31ClN4O2. The van der Waals surface area contributed by atoms with Gasteiger partial charge in [-0.1, -0.05) is 11.6 Å². The molecule has 1 aliphatic rings. The average molecular weight is 371 g/mol. The van der Waals surface area contributed by atoms with Crippen LogP contribution in [0.3, 0.4) is 0 Å². The molecule has 2 heterocycles. The Labute approximate surface area is 155 Å². The van der Waals surface area contributed by atoms with Gasteiger partial charge in [-0.05, 0) is 48.5 Å². The molecule has 0 unspecified atom stereocenters. The zero-order chi connectivity index (χ0) is 19.0. The number of aromatic nitrogens is 2. The van der Waals surface area contributed by atoms with Crippen LogP contribution in [0.5, 0.6) is 0 Å². The summed E-state index contributed by atoms with van der Waals surface area (Å²) in [5.41, 5.74) is -0.201. The smallest absolute Gasteiger partial charge is 0.288 e. The Kier molecular flexibility index (Phi) is 5.86. The molecule has 2 atom stereocenters. The fraction of sp³-hybridized carbons (Fsp3) is 0.778. The maximum atomic E-state index is 12.4. The lowest BCUT2D eigenvalue weighted by Crippen LogP contribution is -2.57. The van der Waals surface area contributed by atoms with Gasteiger partial charge in [-0.3, -0.25) is 9.69 Å². The largest absolute Gasteiger partial charge is 0.381 e. The Morgan fingerprint density at radius 3 is 2.32 bits per heavy atom. The van der Waals surface area contributed by atoms with Gasteiger partial charge in [-0.25, -0.2) is 4.68 Å². The van der Waals surface area contributed by atoms with E-state index in [1.807, 2.05) is 20.8 Å². The second-order valence-electron chi connectivity index (χ2n) is 8.59. The topological polar surface area (TPSA) is 59.4 Å². The molecule has 1 N–H and O–H groups in total. The van der Waals surface area contributed by atoms with Gasteiger partial charge in [0.15, 0.2) is 0 Å². The third kappa shape index (κ3) is 4.74. The van der Waals surface area contributed by atoms with Crippen LogP contribution in [0.1, 0.15) is 48.5 Å². The van der Waals surface area contributed by atoms with Crippen molar-refractivity contribution in [3.8, 4) is 0 Å². The molecule has 0 aromatic carbocycles. The summed E-state index contributed by atoms with van der Waals surface area (Å²) >= 11 is 6.30. The minimum Gasteiger partial charge on any atom is -0.381 e. The van der Waals surface area contributed by atoms with E-state index in [9.17, 15) is 4.79 Å². The summed E-state index contributed by atoms with van der Waals surface area (Å²) in [6, 6.07) is 0. The van der Waals surface area contributed by atoms with Crippen molar-refractivity contribution in [1.29, 1.82) is 0 Å². The van der Waals surface area contributed by atoms with Crippen molar-refractivity contribution in [2.75, 3.05) is 25.0 Å². The number of halogens is 1. The summed E-state index contributed by atoms with van der Waals surface area (Å²) in [4.78, 5) is 14.9. The molecule has 0 bridgehead atoms. The molecule has 0 saturated carbocycles. The number of anilines is 1. The zero-order valence-electron chi connectivity index (χ0n) is 16.4. The maximum Gasteiger partial charge on any atom is 0.288 e. The van der Waals surface area contributed by atoms with Crippen molar-refractivity contribution < 1.29 is 4.74 Å². The van der Waals surface area contributed by atoms with Gasteiger partial charge < -0.3 is 10.1 Å². The number of hydrogen-bond acceptors (Lipinski definition) is 5. The standard InChI is InChI=1S/C18H31ClN4O2/c1-12-9-22(10-13(2)25-12)18(6,7)11-20-14-8-21-23(17(3,4)5)16(24)15(14)19/h8,12-13,20H,9-11H2,1-7H3/t12-,13-/m1/s1. The van der Waals surface area contributed by atoms with Crippen molar-refractivity contribution in [2.24, 2.45) is 0 Å². The van der Waals surface area contributed by atoms with Gasteiger partial charge in [0.25, 0.3) is 5.56 Å². The SMILES string of the molecule is C[C@@H]1CN(C(C)(C)CNc2cnn(C(C)(C)C)c(=O)c2Cl)C[C@@H](C)O1. The minimum atomic E-state index is -0.404. The predicted molar refractivity (Wildman–Crippen MR) is 103 cm³/mol. The first-order valence-electron chi connectivity index (χ1n) is 8.84. The van der Waals surface area contributed by atoms with Crippen LogP contribution in [0.15, 0.2) is 11.0 Å². The summed E-state index contributed by atoms with van der Waals surface area (Å²) in [7, 11) is 0. The lowest BCUT2D eigenvalue weighted by Gasteiger charge is -2.45. The van der Waals surface area contributed by atoms with E-state index >= 15 is 0 Å². The third-order valence-corrected chi connectivity index (χ3v) is 4.91. The average Bonchev–Trinajstić information content (AvgIpc) is 2.46. The molecule has 0 amide bonds. The molecule has 25 heavy (non-hydrogen) atoms. The first kappa shape index (κ1) is 20.2. The second-order valence-corrected chi connectivity index (χ2v) is 8.97. The van der Waals surface area contributed by atoms with Crippen LogP contribution in [0.25, 0.3) is 0 Å². The van der Waals surface area contributed by atoms with Gasteiger partial charge in [-0.2, -0.15) is 5.10 Å². The van der Waals surface area contributed by atoms with Crippen LogP contribution < -0.4 is 10.9 Å². The molecule has 0 spiro atoms. The van der Waals surface area contributed by atoms with E-state index in [0.29, 0.717) is 12.2 Å². The van der Waals surface area contributed by atoms with Gasteiger partial charge in [-0.15, -0.1) is 0 Å². The van der Waals surface area contributed by atoms with Crippen LogP contribution in [0.4, 0.5) is 5.69 Å². The van der Waals surface area contributed by atoms with Crippen LogP contribution >= 0.6 is 11.6 Å². The summed E-state index contributed by atoms with van der Waals surface area (Å²) in [6.07, 6.45) is 2.06. The predicted octanol–water partition coefficient (Wildman–Crippen LogP) is 2.95. The van der Waals surface area contributed by atoms with Crippen LogP contribution in [-0.4, -0.2) is 52.1 Å². The number of ether oxygens (including phenoxy) is 1. The molecule has 0 aliphatic carbocycles. The molecule has 142 valence electrons. The van der Waals surface area contributed by atoms with E-state index in [1.54, 1.807) is 6.20 Å². The number of hydrogen-bond donors (Lipinski definition) is 1. The maximum absolute atomic E-state index is 12.4. The Morgan fingerprint density at radius 1 is 1.24 bits per heavy atom. The summed E-state index contributed by atoms with van der Waals surface area (Å²) in [5.74, 6) is 0. The quantitative estimate of drug-likeness (QED) is 0.882. The van der Waals surface area contributed by atoms with E-state index in [1.165, 1.54) is 4.68 Å². The normalized spacial score (nSPS) is 22.9. The van der Waals surface area contributed by atoms with E-state index < -0.39 is 5.54 Å². The summed E-state index contributed by atoms with van der Waals surface area (Å²) < 4.78 is 7.23. The van der Waals surface area contributed by atoms with Gasteiger partial charge in [0.05, 0.1) is 29.6 Å². The molecule has 6 nitrogen and oxygen atoms in total. The van der Waals surface area contributed by atoms with Crippen molar-refractivity contribution >= 4 is 17.3 Å². The van der Waals surface area contributed by atoms with Gasteiger partial charge in [0.1, 0.15) is 5.02 Å². The molecular weight excluding hydrogens is 340 g/mol. The highest BCUT2D eigenvalue weighted by molar-refractivity contribution is 6.32. The molecule has 1 aromatic heterocycles. The number of nitrogens with zero attached hydrogens (tertiary/aromatic N) is 3. The Morgan fingerprint density at radius 2 is 1.80 bits per heavy atom. The molecule has 2 rings (SSSR count). The number of rotatable bonds is 4. The highest BCUT2D eigenvalue weighted by Gasteiger charge is 2.33. The second kappa shape index (κ2) is 7.25. The fourth-order valence-electron chi connectivity index (χ4n) is 3.13. The molecule has 0 radical (unpaired) electrons. The number of nitrogens with one attached hydrogen (secondary N) is 1. The molecule has 1 fully saturated rings. The van der Waals surface area contributed by atoms with E-state index in [2.05, 4.69) is 43.0 Å². The molecule has 7 heteroatoms. The minimum absolute atomic E-state index is 0.103. The highest BCUT2D eigenvalue weighted by Crippen LogP contribution is 2.24. The summed E-state index contributed by atoms with van der Waals surface area (Å²) in [6.45, 7) is 16.8. The molecule has 1 aliphatic heterocycles. The van der Waals surface area contributed by atoms with Crippen molar-refractivity contribution in [3.63, 3.8) is 0 Å². The van der Waals surface area contributed by atoms with Crippen molar-refractivity contribution in [1.82, 2.24) is 14.7 Å². The highest BCUT2D eigenvalue weighted by atomic mass is 35.5.